The highest BCUT2D eigenvalue weighted by atomic mass is 19.4. The van der Waals surface area contributed by atoms with Gasteiger partial charge in [0.25, 0.3) is 5.91 Å². The lowest BCUT2D eigenvalue weighted by Gasteiger charge is -2.29. The Balaban J connectivity index is 1.81. The fourth-order valence-corrected chi connectivity index (χ4v) is 3.37. The van der Waals surface area contributed by atoms with Gasteiger partial charge in [0.2, 0.25) is 5.91 Å². The summed E-state index contributed by atoms with van der Waals surface area (Å²) >= 11 is 0. The molecule has 1 atom stereocenters. The Labute approximate surface area is 167 Å². The summed E-state index contributed by atoms with van der Waals surface area (Å²) in [5.41, 5.74) is 4.45. The maximum absolute atomic E-state index is 13.7. The van der Waals surface area contributed by atoms with Gasteiger partial charge in [-0.3, -0.25) is 14.5 Å². The zero-order valence-corrected chi connectivity index (χ0v) is 16.2. The average molecular weight is 414 g/mol. The third-order valence-corrected chi connectivity index (χ3v) is 5.16. The summed E-state index contributed by atoms with van der Waals surface area (Å²) in [6.07, 6.45) is -2.53. The van der Waals surface area contributed by atoms with Crippen molar-refractivity contribution in [3.05, 3.63) is 23.8 Å². The smallest absolute Gasteiger partial charge is 0.370 e. The molecule has 2 amide bonds. The van der Waals surface area contributed by atoms with E-state index in [-0.39, 0.29) is 37.7 Å². The van der Waals surface area contributed by atoms with Crippen LogP contribution in [0, 0.1) is 5.92 Å². The van der Waals surface area contributed by atoms with Crippen molar-refractivity contribution >= 4 is 23.2 Å². The second kappa shape index (κ2) is 8.68. The molecular weight excluding hydrogens is 389 g/mol. The molecular formula is C19H25F3N4O3. The summed E-state index contributed by atoms with van der Waals surface area (Å²) in [6, 6.07) is 2.72. The van der Waals surface area contributed by atoms with Gasteiger partial charge in [0.05, 0.1) is 17.9 Å². The molecule has 3 N–H and O–H groups in total. The molecule has 1 saturated carbocycles. The SMILES string of the molecule is CN(CC1CC1)[C@@H](CN)C(=O)Nc1ccc(N2CCOCC2=O)cc1C(F)(F)F. The van der Waals surface area contributed by atoms with E-state index in [4.69, 9.17) is 10.5 Å². The fourth-order valence-electron chi connectivity index (χ4n) is 3.37. The van der Waals surface area contributed by atoms with E-state index in [2.05, 4.69) is 5.32 Å². The molecule has 10 heteroatoms. The first-order valence-electron chi connectivity index (χ1n) is 9.51. The number of likely N-dealkylation sites (N-methyl/N-ethyl adjacent to an activating group) is 1. The van der Waals surface area contributed by atoms with E-state index in [9.17, 15) is 22.8 Å². The van der Waals surface area contributed by atoms with E-state index in [0.717, 1.165) is 18.9 Å². The van der Waals surface area contributed by atoms with E-state index in [1.165, 1.54) is 17.0 Å². The van der Waals surface area contributed by atoms with Gasteiger partial charge in [0, 0.05) is 25.3 Å². The normalized spacial score (nSPS) is 18.8. The molecule has 0 unspecified atom stereocenters. The number of amides is 2. The molecule has 160 valence electrons. The number of ether oxygens (including phenoxy) is 1. The number of carbonyl (C=O) groups is 2. The molecule has 3 rings (SSSR count). The monoisotopic (exact) mass is 414 g/mol. The van der Waals surface area contributed by atoms with Crippen molar-refractivity contribution in [1.29, 1.82) is 0 Å². The number of carbonyl (C=O) groups excluding carboxylic acids is 2. The summed E-state index contributed by atoms with van der Waals surface area (Å²) in [7, 11) is 1.74. The van der Waals surface area contributed by atoms with Crippen LogP contribution in [0.3, 0.4) is 0 Å². The highest BCUT2D eigenvalue weighted by Gasteiger charge is 2.36. The number of halogens is 3. The van der Waals surface area contributed by atoms with Gasteiger partial charge in [-0.1, -0.05) is 0 Å². The van der Waals surface area contributed by atoms with Crippen LogP contribution in [0.4, 0.5) is 24.5 Å². The predicted octanol–water partition coefficient (Wildman–Crippen LogP) is 1.68. The number of alkyl halides is 3. The minimum absolute atomic E-state index is 0.00321. The van der Waals surface area contributed by atoms with E-state index >= 15 is 0 Å². The van der Waals surface area contributed by atoms with Crippen molar-refractivity contribution in [3.63, 3.8) is 0 Å². The molecule has 1 aliphatic carbocycles. The third kappa shape index (κ3) is 5.26. The Hall–Kier alpha value is -2.17. The molecule has 1 heterocycles. The molecule has 29 heavy (non-hydrogen) atoms. The van der Waals surface area contributed by atoms with Crippen LogP contribution in [-0.2, 0) is 20.5 Å². The lowest BCUT2D eigenvalue weighted by atomic mass is 10.1. The van der Waals surface area contributed by atoms with Crippen molar-refractivity contribution in [2.24, 2.45) is 11.7 Å². The Morgan fingerprint density at radius 1 is 1.41 bits per heavy atom. The van der Waals surface area contributed by atoms with Crippen LogP contribution in [0.5, 0.6) is 0 Å². The van der Waals surface area contributed by atoms with Crippen molar-refractivity contribution in [1.82, 2.24) is 4.90 Å². The summed E-state index contributed by atoms with van der Waals surface area (Å²) in [6.45, 7) is 0.918. The number of rotatable bonds is 7. The van der Waals surface area contributed by atoms with E-state index in [1.54, 1.807) is 11.9 Å². The Bertz CT molecular complexity index is 768. The summed E-state index contributed by atoms with van der Waals surface area (Å²) < 4.78 is 46.0. The number of anilines is 2. The molecule has 0 bridgehead atoms. The van der Waals surface area contributed by atoms with Crippen molar-refractivity contribution in [3.8, 4) is 0 Å². The average Bonchev–Trinajstić information content (AvgIpc) is 3.46. The van der Waals surface area contributed by atoms with Crippen molar-refractivity contribution in [2.75, 3.05) is 50.1 Å². The third-order valence-electron chi connectivity index (χ3n) is 5.16. The number of nitrogens with two attached hydrogens (primary N) is 1. The zero-order chi connectivity index (χ0) is 21.2. The Kier molecular flexibility index (Phi) is 6.45. The molecule has 1 aliphatic heterocycles. The maximum Gasteiger partial charge on any atom is 0.418 e. The second-order valence-electron chi connectivity index (χ2n) is 7.45. The van der Waals surface area contributed by atoms with Crippen LogP contribution in [0.15, 0.2) is 18.2 Å². The van der Waals surface area contributed by atoms with Gasteiger partial charge < -0.3 is 20.7 Å². The Morgan fingerprint density at radius 3 is 2.72 bits per heavy atom. The molecule has 1 aromatic rings. The molecule has 0 spiro atoms. The van der Waals surface area contributed by atoms with Gasteiger partial charge in [-0.15, -0.1) is 0 Å². The number of hydrogen-bond donors (Lipinski definition) is 2. The molecule has 2 fully saturated rings. The number of morpholine rings is 1. The summed E-state index contributed by atoms with van der Waals surface area (Å²) in [5.74, 6) is -0.486. The minimum atomic E-state index is -4.70. The maximum atomic E-state index is 13.7. The number of nitrogens with zero attached hydrogens (tertiary/aromatic N) is 2. The van der Waals surface area contributed by atoms with Crippen LogP contribution < -0.4 is 16.0 Å². The lowest BCUT2D eigenvalue weighted by Crippen LogP contribution is -2.47. The molecule has 1 saturated heterocycles. The van der Waals surface area contributed by atoms with Crippen LogP contribution in [0.25, 0.3) is 0 Å². The van der Waals surface area contributed by atoms with Gasteiger partial charge in [0.1, 0.15) is 12.6 Å². The highest BCUT2D eigenvalue weighted by molar-refractivity contribution is 5.97. The van der Waals surface area contributed by atoms with E-state index < -0.39 is 29.6 Å². The largest absolute Gasteiger partial charge is 0.418 e. The fraction of sp³-hybridized carbons (Fsp3) is 0.579. The van der Waals surface area contributed by atoms with Gasteiger partial charge >= 0.3 is 6.18 Å². The predicted molar refractivity (Wildman–Crippen MR) is 101 cm³/mol. The number of benzene rings is 1. The number of hydrogen-bond acceptors (Lipinski definition) is 5. The zero-order valence-electron chi connectivity index (χ0n) is 16.2. The van der Waals surface area contributed by atoms with Crippen molar-refractivity contribution in [2.45, 2.75) is 25.1 Å². The van der Waals surface area contributed by atoms with Crippen molar-refractivity contribution < 1.29 is 27.5 Å². The molecule has 0 radical (unpaired) electrons. The summed E-state index contributed by atoms with van der Waals surface area (Å²) in [4.78, 5) is 27.6. The Morgan fingerprint density at radius 2 is 2.14 bits per heavy atom. The first-order chi connectivity index (χ1) is 13.7. The van der Waals surface area contributed by atoms with Gasteiger partial charge in [0.15, 0.2) is 0 Å². The van der Waals surface area contributed by atoms with Crippen LogP contribution in [-0.4, -0.2) is 62.7 Å². The number of nitrogens with one attached hydrogen (secondary N) is 1. The highest BCUT2D eigenvalue weighted by Crippen LogP contribution is 2.38. The van der Waals surface area contributed by atoms with Crippen LogP contribution in [0.2, 0.25) is 0 Å². The van der Waals surface area contributed by atoms with Crippen LogP contribution in [0.1, 0.15) is 18.4 Å². The first-order valence-corrected chi connectivity index (χ1v) is 9.51. The summed E-state index contributed by atoms with van der Waals surface area (Å²) in [5, 5.41) is 2.38. The van der Waals surface area contributed by atoms with Gasteiger partial charge in [-0.05, 0) is 44.0 Å². The second-order valence-corrected chi connectivity index (χ2v) is 7.45. The molecule has 1 aromatic carbocycles. The van der Waals surface area contributed by atoms with E-state index in [0.29, 0.717) is 12.5 Å². The standard InChI is InChI=1S/C19H25F3N4O3/c1-25(10-12-2-3-12)16(9-23)18(28)24-15-5-4-13(8-14(15)19(20,21)22)26-6-7-29-11-17(26)27/h4-5,8,12,16H,2-3,6-7,9-11,23H2,1H3,(H,24,28)/t16-/m0/s1. The first kappa shape index (κ1) is 21.5. The molecule has 7 nitrogen and oxygen atoms in total. The molecule has 0 aromatic heterocycles. The topological polar surface area (TPSA) is 87.9 Å². The molecule has 2 aliphatic rings. The van der Waals surface area contributed by atoms with Gasteiger partial charge in [-0.2, -0.15) is 13.2 Å². The quantitative estimate of drug-likeness (QED) is 0.709. The lowest BCUT2D eigenvalue weighted by molar-refractivity contribution is -0.137. The van der Waals surface area contributed by atoms with Crippen LogP contribution >= 0.6 is 0 Å². The van der Waals surface area contributed by atoms with E-state index in [1.807, 2.05) is 0 Å². The minimum Gasteiger partial charge on any atom is -0.370 e. The van der Waals surface area contributed by atoms with Gasteiger partial charge in [-0.25, -0.2) is 0 Å².